The van der Waals surface area contributed by atoms with Crippen LogP contribution < -0.4 is 0 Å². The third-order valence-electron chi connectivity index (χ3n) is 5.45. The van der Waals surface area contributed by atoms with Gasteiger partial charge >= 0.3 is 0 Å². The van der Waals surface area contributed by atoms with Crippen molar-refractivity contribution in [3.8, 4) is 0 Å². The van der Waals surface area contributed by atoms with Crippen molar-refractivity contribution in [3.05, 3.63) is 0 Å². The maximum Gasteiger partial charge on any atom is 0.239 e. The van der Waals surface area contributed by atoms with Gasteiger partial charge in [0.25, 0.3) is 0 Å². The van der Waals surface area contributed by atoms with Gasteiger partial charge in [0, 0.05) is 52.4 Å². The summed E-state index contributed by atoms with van der Waals surface area (Å²) in [5, 5.41) is 0. The Balaban J connectivity index is 1.42. The van der Waals surface area contributed by atoms with E-state index < -0.39 is 0 Å². The number of morpholine rings is 1. The maximum atomic E-state index is 12.5. The average molecular weight is 338 g/mol. The lowest BCUT2D eigenvalue weighted by molar-refractivity contribution is -0.138. The molecule has 1 unspecified atom stereocenters. The van der Waals surface area contributed by atoms with Crippen LogP contribution in [0.25, 0.3) is 0 Å². The van der Waals surface area contributed by atoms with Crippen molar-refractivity contribution in [1.82, 2.24) is 19.6 Å². The molecule has 2 amide bonds. The number of likely N-dealkylation sites (tertiary alicyclic amines) is 1. The number of piperazine rings is 1. The number of nitrogens with zero attached hydrogens (tertiary/aromatic N) is 4. The summed E-state index contributed by atoms with van der Waals surface area (Å²) < 4.78 is 5.32. The minimum absolute atomic E-state index is 0.0698. The minimum atomic E-state index is -0.0698. The molecule has 24 heavy (non-hydrogen) atoms. The van der Waals surface area contributed by atoms with Crippen LogP contribution in [0.2, 0.25) is 0 Å². The van der Waals surface area contributed by atoms with Crippen LogP contribution in [0.4, 0.5) is 0 Å². The summed E-state index contributed by atoms with van der Waals surface area (Å²) in [6.45, 7) is 10.4. The highest BCUT2D eigenvalue weighted by molar-refractivity contribution is 5.82. The van der Waals surface area contributed by atoms with Crippen LogP contribution in [0.5, 0.6) is 0 Å². The molecular weight excluding hydrogens is 308 g/mol. The molecule has 3 heterocycles. The van der Waals surface area contributed by atoms with E-state index in [-0.39, 0.29) is 17.9 Å². The minimum Gasteiger partial charge on any atom is -0.379 e. The van der Waals surface area contributed by atoms with Gasteiger partial charge in [0.05, 0.1) is 25.8 Å². The van der Waals surface area contributed by atoms with E-state index >= 15 is 0 Å². The summed E-state index contributed by atoms with van der Waals surface area (Å²) in [5.74, 6) is 0.454. The van der Waals surface area contributed by atoms with Crippen molar-refractivity contribution in [3.63, 3.8) is 0 Å². The summed E-state index contributed by atoms with van der Waals surface area (Å²) in [5.41, 5.74) is 0. The number of carbonyl (C=O) groups excluding carboxylic acids is 2. The molecule has 3 rings (SSSR count). The number of hydrogen-bond acceptors (Lipinski definition) is 5. The quantitative estimate of drug-likeness (QED) is 0.690. The molecule has 7 heteroatoms. The summed E-state index contributed by atoms with van der Waals surface area (Å²) in [7, 11) is 0. The molecule has 3 aliphatic rings. The summed E-state index contributed by atoms with van der Waals surface area (Å²) in [6.07, 6.45) is 2.25. The monoisotopic (exact) mass is 338 g/mol. The lowest BCUT2D eigenvalue weighted by Crippen LogP contribution is -2.56. The van der Waals surface area contributed by atoms with E-state index in [2.05, 4.69) is 9.80 Å². The van der Waals surface area contributed by atoms with Crippen LogP contribution in [-0.2, 0) is 14.3 Å². The molecule has 7 nitrogen and oxygen atoms in total. The van der Waals surface area contributed by atoms with E-state index in [1.54, 1.807) is 0 Å². The average Bonchev–Trinajstić information content (AvgIpc) is 3.16. The van der Waals surface area contributed by atoms with Crippen molar-refractivity contribution in [2.75, 3.05) is 72.1 Å². The van der Waals surface area contributed by atoms with Gasteiger partial charge in [-0.2, -0.15) is 0 Å². The van der Waals surface area contributed by atoms with Gasteiger partial charge in [-0.25, -0.2) is 0 Å². The zero-order valence-electron chi connectivity index (χ0n) is 14.8. The molecule has 0 saturated carbocycles. The molecule has 0 spiro atoms. The van der Waals surface area contributed by atoms with Crippen molar-refractivity contribution < 1.29 is 14.3 Å². The zero-order chi connectivity index (χ0) is 16.9. The van der Waals surface area contributed by atoms with E-state index in [4.69, 9.17) is 4.74 Å². The molecule has 0 aromatic carbocycles. The largest absolute Gasteiger partial charge is 0.379 e. The molecule has 3 fully saturated rings. The number of rotatable bonds is 4. The molecule has 136 valence electrons. The Bertz CT molecular complexity index is 439. The van der Waals surface area contributed by atoms with Crippen LogP contribution in [0.1, 0.15) is 19.8 Å². The van der Waals surface area contributed by atoms with Gasteiger partial charge in [0.15, 0.2) is 0 Å². The normalized spacial score (nSPS) is 25.0. The van der Waals surface area contributed by atoms with E-state index in [0.717, 1.165) is 78.4 Å². The van der Waals surface area contributed by atoms with Crippen molar-refractivity contribution in [2.45, 2.75) is 25.8 Å². The summed E-state index contributed by atoms with van der Waals surface area (Å²) in [4.78, 5) is 33.3. The first-order valence-electron chi connectivity index (χ1n) is 9.26. The predicted molar refractivity (Wildman–Crippen MR) is 90.7 cm³/mol. The van der Waals surface area contributed by atoms with E-state index in [9.17, 15) is 9.59 Å². The number of carbonyl (C=O) groups is 2. The number of amides is 2. The van der Waals surface area contributed by atoms with Gasteiger partial charge in [-0.15, -0.1) is 0 Å². The fourth-order valence-electron chi connectivity index (χ4n) is 3.77. The highest BCUT2D eigenvalue weighted by atomic mass is 16.5. The van der Waals surface area contributed by atoms with Crippen LogP contribution in [-0.4, -0.2) is 110 Å². The Morgan fingerprint density at radius 3 is 2.12 bits per heavy atom. The van der Waals surface area contributed by atoms with Gasteiger partial charge in [-0.05, 0) is 19.8 Å². The summed E-state index contributed by atoms with van der Waals surface area (Å²) >= 11 is 0. The van der Waals surface area contributed by atoms with Gasteiger partial charge in [0.1, 0.15) is 0 Å². The number of hydrogen-bond donors (Lipinski definition) is 0. The smallest absolute Gasteiger partial charge is 0.239 e. The molecule has 0 aromatic rings. The second-order valence-electron chi connectivity index (χ2n) is 7.01. The standard InChI is InChI=1S/C17H30N4O3/c1-15(17(23)21-4-2-3-5-21)19-6-8-20(9-7-19)16(22)14-18-10-12-24-13-11-18/h15H,2-14H2,1H3. The molecule has 0 aliphatic carbocycles. The van der Waals surface area contributed by atoms with E-state index in [1.165, 1.54) is 0 Å². The zero-order valence-corrected chi connectivity index (χ0v) is 14.8. The molecule has 1 atom stereocenters. The first kappa shape index (κ1) is 17.6. The van der Waals surface area contributed by atoms with Gasteiger partial charge in [0.2, 0.25) is 11.8 Å². The van der Waals surface area contributed by atoms with Crippen molar-refractivity contribution in [1.29, 1.82) is 0 Å². The highest BCUT2D eigenvalue weighted by Crippen LogP contribution is 2.14. The Labute approximate surface area is 144 Å². The van der Waals surface area contributed by atoms with Crippen molar-refractivity contribution in [2.24, 2.45) is 0 Å². The number of ether oxygens (including phenoxy) is 1. The summed E-state index contributed by atoms with van der Waals surface area (Å²) in [6, 6.07) is -0.0698. The fourth-order valence-corrected chi connectivity index (χ4v) is 3.77. The molecule has 0 radical (unpaired) electrons. The topological polar surface area (TPSA) is 56.3 Å². The third kappa shape index (κ3) is 4.26. The first-order chi connectivity index (χ1) is 11.6. The highest BCUT2D eigenvalue weighted by Gasteiger charge is 2.31. The molecule has 0 N–H and O–H groups in total. The van der Waals surface area contributed by atoms with Crippen LogP contribution in [0, 0.1) is 0 Å². The maximum absolute atomic E-state index is 12.5. The predicted octanol–water partition coefficient (Wildman–Crippen LogP) is -0.526. The molecule has 3 aliphatic heterocycles. The Hall–Kier alpha value is -1.18. The van der Waals surface area contributed by atoms with Crippen molar-refractivity contribution >= 4 is 11.8 Å². The van der Waals surface area contributed by atoms with Gasteiger partial charge in [-0.3, -0.25) is 19.4 Å². The molecule has 0 aromatic heterocycles. The molecule has 0 bridgehead atoms. The van der Waals surface area contributed by atoms with Crippen LogP contribution >= 0.6 is 0 Å². The Morgan fingerprint density at radius 1 is 0.875 bits per heavy atom. The van der Waals surface area contributed by atoms with Gasteiger partial charge < -0.3 is 14.5 Å². The van der Waals surface area contributed by atoms with E-state index in [1.807, 2.05) is 16.7 Å². The lowest BCUT2D eigenvalue weighted by atomic mass is 10.2. The third-order valence-corrected chi connectivity index (χ3v) is 5.45. The second kappa shape index (κ2) is 8.27. The van der Waals surface area contributed by atoms with Gasteiger partial charge in [-0.1, -0.05) is 0 Å². The van der Waals surface area contributed by atoms with Crippen LogP contribution in [0.15, 0.2) is 0 Å². The molecule has 3 saturated heterocycles. The second-order valence-corrected chi connectivity index (χ2v) is 7.01. The van der Waals surface area contributed by atoms with E-state index in [0.29, 0.717) is 6.54 Å². The Morgan fingerprint density at radius 2 is 1.50 bits per heavy atom. The lowest BCUT2D eigenvalue weighted by Gasteiger charge is -2.39. The first-order valence-corrected chi connectivity index (χ1v) is 9.26. The SMILES string of the molecule is CC(C(=O)N1CCCC1)N1CCN(C(=O)CN2CCOCC2)CC1. The van der Waals surface area contributed by atoms with Crippen LogP contribution in [0.3, 0.4) is 0 Å². The fraction of sp³-hybridized carbons (Fsp3) is 0.882. The molecular formula is C17H30N4O3. The Kier molecular flexibility index (Phi) is 6.08.